The van der Waals surface area contributed by atoms with Crippen LogP contribution in [0.1, 0.15) is 33.6 Å². The number of aliphatic imine (C=N–C) groups is 1. The summed E-state index contributed by atoms with van der Waals surface area (Å²) in [6, 6.07) is 0.519. The monoisotopic (exact) mass is 453 g/mol. The molecule has 2 rings (SSSR count). The van der Waals surface area contributed by atoms with Crippen LogP contribution in [0, 0.1) is 0 Å². The van der Waals surface area contributed by atoms with E-state index in [4.69, 9.17) is 9.73 Å². The highest BCUT2D eigenvalue weighted by Crippen LogP contribution is 2.24. The van der Waals surface area contributed by atoms with Gasteiger partial charge in [-0.3, -0.25) is 9.89 Å². The first-order valence-electron chi connectivity index (χ1n) is 9.11. The Morgan fingerprint density at radius 3 is 2.54 bits per heavy atom. The third-order valence-corrected chi connectivity index (χ3v) is 4.94. The molecule has 2 N–H and O–H groups in total. The summed E-state index contributed by atoms with van der Waals surface area (Å²) in [7, 11) is 2.20. The van der Waals surface area contributed by atoms with Crippen LogP contribution in [0.3, 0.4) is 0 Å². The van der Waals surface area contributed by atoms with Crippen LogP contribution in [0.15, 0.2) is 4.99 Å². The number of nitrogens with one attached hydrogen (secondary N) is 2. The topological polar surface area (TPSA) is 52.1 Å². The predicted molar refractivity (Wildman–Crippen MR) is 112 cm³/mol. The standard InChI is InChI=1S/C17H35N5O.HI/c1-5-18-16(20-14-17(3)7-6-12-23-17)19-13-15(2)22-10-8-21(4)9-11-22;/h15H,5-14H2,1-4H3,(H2,18,19,20);1H. The third-order valence-electron chi connectivity index (χ3n) is 4.94. The second-order valence-corrected chi connectivity index (χ2v) is 7.17. The van der Waals surface area contributed by atoms with Crippen molar-refractivity contribution in [3.63, 3.8) is 0 Å². The van der Waals surface area contributed by atoms with Crippen LogP contribution in [0.25, 0.3) is 0 Å². The van der Waals surface area contributed by atoms with Crippen molar-refractivity contribution in [1.82, 2.24) is 20.4 Å². The maximum atomic E-state index is 5.82. The second-order valence-electron chi connectivity index (χ2n) is 7.17. The van der Waals surface area contributed by atoms with Gasteiger partial charge in [0, 0.05) is 51.9 Å². The van der Waals surface area contributed by atoms with Gasteiger partial charge in [0.05, 0.1) is 12.1 Å². The average Bonchev–Trinajstić information content (AvgIpc) is 2.97. The van der Waals surface area contributed by atoms with Crippen LogP contribution in [0.4, 0.5) is 0 Å². The van der Waals surface area contributed by atoms with Gasteiger partial charge in [-0.15, -0.1) is 24.0 Å². The van der Waals surface area contributed by atoms with Crippen LogP contribution in [-0.4, -0.2) is 86.9 Å². The van der Waals surface area contributed by atoms with Gasteiger partial charge in [0.1, 0.15) is 0 Å². The number of guanidine groups is 1. The molecule has 0 radical (unpaired) electrons. The Bertz CT molecular complexity index is 379. The highest BCUT2D eigenvalue weighted by atomic mass is 127. The maximum absolute atomic E-state index is 5.82. The number of hydrogen-bond donors (Lipinski definition) is 2. The van der Waals surface area contributed by atoms with Crippen LogP contribution in [0.5, 0.6) is 0 Å². The quantitative estimate of drug-likeness (QED) is 0.362. The summed E-state index contributed by atoms with van der Waals surface area (Å²) in [5.41, 5.74) is -0.0780. The molecule has 142 valence electrons. The minimum atomic E-state index is -0.0780. The van der Waals surface area contributed by atoms with Gasteiger partial charge in [0.15, 0.2) is 5.96 Å². The number of halogens is 1. The summed E-state index contributed by atoms with van der Waals surface area (Å²) >= 11 is 0. The molecule has 2 heterocycles. The van der Waals surface area contributed by atoms with Gasteiger partial charge in [-0.25, -0.2) is 0 Å². The van der Waals surface area contributed by atoms with Crippen LogP contribution in [-0.2, 0) is 4.74 Å². The lowest BCUT2D eigenvalue weighted by molar-refractivity contribution is 0.0283. The summed E-state index contributed by atoms with van der Waals surface area (Å²) in [6.45, 7) is 14.6. The average molecular weight is 453 g/mol. The Labute approximate surface area is 164 Å². The highest BCUT2D eigenvalue weighted by Gasteiger charge is 2.29. The number of nitrogens with zero attached hydrogens (tertiary/aromatic N) is 3. The minimum Gasteiger partial charge on any atom is -0.373 e. The molecule has 2 aliphatic rings. The molecule has 2 fully saturated rings. The third kappa shape index (κ3) is 7.01. The van der Waals surface area contributed by atoms with Crippen molar-refractivity contribution in [1.29, 1.82) is 0 Å². The Balaban J connectivity index is 0.00000288. The summed E-state index contributed by atoms with van der Waals surface area (Å²) in [5, 5.41) is 6.84. The summed E-state index contributed by atoms with van der Waals surface area (Å²) in [4.78, 5) is 9.69. The Morgan fingerprint density at radius 1 is 1.25 bits per heavy atom. The molecular formula is C17H36IN5O. The first-order valence-corrected chi connectivity index (χ1v) is 9.11. The largest absolute Gasteiger partial charge is 0.373 e. The molecule has 0 aromatic rings. The van der Waals surface area contributed by atoms with E-state index in [0.29, 0.717) is 6.04 Å². The fourth-order valence-electron chi connectivity index (χ4n) is 3.19. The van der Waals surface area contributed by atoms with Gasteiger partial charge in [0.25, 0.3) is 0 Å². The predicted octanol–water partition coefficient (Wildman–Crippen LogP) is 1.36. The number of ether oxygens (including phenoxy) is 1. The Morgan fingerprint density at radius 2 is 1.96 bits per heavy atom. The van der Waals surface area contributed by atoms with E-state index in [-0.39, 0.29) is 29.6 Å². The van der Waals surface area contributed by atoms with Crippen molar-refractivity contribution < 1.29 is 4.74 Å². The zero-order chi connectivity index (χ0) is 16.7. The zero-order valence-corrected chi connectivity index (χ0v) is 18.1. The van der Waals surface area contributed by atoms with E-state index in [2.05, 4.69) is 48.3 Å². The van der Waals surface area contributed by atoms with Crippen molar-refractivity contribution in [3.05, 3.63) is 0 Å². The summed E-state index contributed by atoms with van der Waals surface area (Å²) < 4.78 is 5.82. The van der Waals surface area contributed by atoms with Crippen LogP contribution >= 0.6 is 24.0 Å². The fraction of sp³-hybridized carbons (Fsp3) is 0.941. The van der Waals surface area contributed by atoms with E-state index >= 15 is 0 Å². The minimum absolute atomic E-state index is 0. The lowest BCUT2D eigenvalue weighted by atomic mass is 10.0. The molecule has 0 saturated carbocycles. The van der Waals surface area contributed by atoms with E-state index in [1.165, 1.54) is 0 Å². The number of hydrogen-bond acceptors (Lipinski definition) is 4. The van der Waals surface area contributed by atoms with Crippen molar-refractivity contribution in [3.8, 4) is 0 Å². The van der Waals surface area contributed by atoms with Gasteiger partial charge in [-0.1, -0.05) is 0 Å². The van der Waals surface area contributed by atoms with Gasteiger partial charge < -0.3 is 20.3 Å². The molecule has 2 saturated heterocycles. The lowest BCUT2D eigenvalue weighted by Gasteiger charge is -2.36. The highest BCUT2D eigenvalue weighted by molar-refractivity contribution is 14.0. The molecule has 24 heavy (non-hydrogen) atoms. The number of piperazine rings is 1. The van der Waals surface area contributed by atoms with Gasteiger partial charge >= 0.3 is 0 Å². The van der Waals surface area contributed by atoms with Gasteiger partial charge in [0.2, 0.25) is 0 Å². The number of rotatable bonds is 6. The normalized spacial score (nSPS) is 27.6. The molecule has 0 aromatic carbocycles. The summed E-state index contributed by atoms with van der Waals surface area (Å²) in [5.74, 6) is 0.908. The van der Waals surface area contributed by atoms with Crippen molar-refractivity contribution >= 4 is 29.9 Å². The molecule has 0 aliphatic carbocycles. The molecule has 0 bridgehead atoms. The van der Waals surface area contributed by atoms with E-state index in [1.54, 1.807) is 0 Å². The number of likely N-dealkylation sites (N-methyl/N-ethyl adjacent to an activating group) is 1. The SMILES string of the molecule is CCNC(=NCC1(C)CCCO1)NCC(C)N1CCN(C)CC1.I. The molecule has 0 aromatic heterocycles. The second kappa shape index (κ2) is 10.8. The zero-order valence-electron chi connectivity index (χ0n) is 15.8. The molecule has 0 spiro atoms. The van der Waals surface area contributed by atoms with E-state index in [0.717, 1.165) is 71.2 Å². The van der Waals surface area contributed by atoms with Crippen molar-refractivity contribution in [2.24, 2.45) is 4.99 Å². The molecule has 2 unspecified atom stereocenters. The smallest absolute Gasteiger partial charge is 0.191 e. The molecule has 6 nitrogen and oxygen atoms in total. The summed E-state index contributed by atoms with van der Waals surface area (Å²) in [6.07, 6.45) is 2.25. The first-order chi connectivity index (χ1) is 11.0. The van der Waals surface area contributed by atoms with Crippen molar-refractivity contribution in [2.75, 3.05) is 59.5 Å². The van der Waals surface area contributed by atoms with E-state index in [1.807, 2.05) is 0 Å². The molecule has 0 amide bonds. The van der Waals surface area contributed by atoms with E-state index in [9.17, 15) is 0 Å². The molecule has 2 atom stereocenters. The van der Waals surface area contributed by atoms with Crippen molar-refractivity contribution in [2.45, 2.75) is 45.3 Å². The fourth-order valence-corrected chi connectivity index (χ4v) is 3.19. The molecule has 7 heteroatoms. The van der Waals surface area contributed by atoms with E-state index < -0.39 is 0 Å². The molecular weight excluding hydrogens is 417 g/mol. The Kier molecular flexibility index (Phi) is 9.84. The van der Waals surface area contributed by atoms with Crippen LogP contribution in [0.2, 0.25) is 0 Å². The van der Waals surface area contributed by atoms with Crippen LogP contribution < -0.4 is 10.6 Å². The molecule has 2 aliphatic heterocycles. The lowest BCUT2D eigenvalue weighted by Crippen LogP contribution is -2.52. The van der Waals surface area contributed by atoms with Gasteiger partial charge in [-0.05, 0) is 40.7 Å². The first kappa shape index (κ1) is 21.9. The maximum Gasteiger partial charge on any atom is 0.191 e. The van der Waals surface area contributed by atoms with Gasteiger partial charge in [-0.2, -0.15) is 0 Å². The Hall–Kier alpha value is -0.120.